The molecule has 10 nitrogen and oxygen atoms in total. The van der Waals surface area contributed by atoms with Gasteiger partial charge in [-0.15, -0.1) is 0 Å². The van der Waals surface area contributed by atoms with Crippen molar-refractivity contribution in [3.63, 3.8) is 0 Å². The van der Waals surface area contributed by atoms with Gasteiger partial charge in [-0.2, -0.15) is 0 Å². The molecule has 2 heterocycles. The molecule has 40 heavy (non-hydrogen) atoms. The van der Waals surface area contributed by atoms with E-state index in [4.69, 9.17) is 22.3 Å². The van der Waals surface area contributed by atoms with E-state index < -0.39 is 5.97 Å². The van der Waals surface area contributed by atoms with Crippen LogP contribution >= 0.6 is 0 Å². The molecule has 7 N–H and O–H groups in total. The van der Waals surface area contributed by atoms with Gasteiger partial charge >= 0.3 is 5.97 Å². The molecule has 5 aromatic rings. The highest BCUT2D eigenvalue weighted by Gasteiger charge is 2.24. The maximum Gasteiger partial charge on any atom is 0.339 e. The van der Waals surface area contributed by atoms with Gasteiger partial charge in [-0.1, -0.05) is 56.3 Å². The Morgan fingerprint density at radius 2 is 1.60 bits per heavy atom. The lowest BCUT2D eigenvalue weighted by atomic mass is 10.0. The number of carbonyl (C=O) groups is 1. The molecule has 202 valence electrons. The maximum atomic E-state index is 13.9. The van der Waals surface area contributed by atoms with E-state index in [9.17, 15) is 14.7 Å². The van der Waals surface area contributed by atoms with E-state index in [-0.39, 0.29) is 46.3 Å². The van der Waals surface area contributed by atoms with Crippen molar-refractivity contribution in [1.29, 1.82) is 10.8 Å². The quantitative estimate of drug-likeness (QED) is 0.149. The standard InChI is InChI=1S/C30H29N7O3/c1-16(2)28-35-24-23(30(39)40)15-36(13-17-4-3-5-20(10-17)26(31)32)29(38)25(24)37(28)14-18-6-7-19-8-9-21(27(33)34)12-22(19)11-18/h3-12,15-16H,13-14H2,1-2H3,(H3,31,32)(H3,33,34)(H,39,40). The molecule has 0 spiro atoms. The molecule has 2 aromatic heterocycles. The molecule has 0 bridgehead atoms. The Morgan fingerprint density at radius 1 is 0.925 bits per heavy atom. The average Bonchev–Trinajstić information content (AvgIpc) is 3.29. The fourth-order valence-corrected chi connectivity index (χ4v) is 4.94. The number of carboxylic acids is 1. The van der Waals surface area contributed by atoms with Crippen LogP contribution in [0.4, 0.5) is 0 Å². The van der Waals surface area contributed by atoms with E-state index in [1.54, 1.807) is 34.9 Å². The fraction of sp³-hybridized carbons (Fsp3) is 0.167. The second-order valence-electron chi connectivity index (χ2n) is 10.1. The number of amidine groups is 2. The number of aromatic carboxylic acids is 1. The van der Waals surface area contributed by atoms with Crippen LogP contribution < -0.4 is 17.0 Å². The second-order valence-corrected chi connectivity index (χ2v) is 10.1. The first-order valence-corrected chi connectivity index (χ1v) is 12.7. The van der Waals surface area contributed by atoms with Crippen molar-refractivity contribution in [2.24, 2.45) is 11.5 Å². The number of nitrogen functional groups attached to an aromatic ring is 2. The van der Waals surface area contributed by atoms with Crippen LogP contribution in [0.3, 0.4) is 0 Å². The number of rotatable bonds is 8. The van der Waals surface area contributed by atoms with Crippen LogP contribution in [0.1, 0.15) is 58.2 Å². The van der Waals surface area contributed by atoms with E-state index in [0.29, 0.717) is 29.1 Å². The van der Waals surface area contributed by atoms with E-state index in [0.717, 1.165) is 16.3 Å². The summed E-state index contributed by atoms with van der Waals surface area (Å²) in [5.41, 5.74) is 14.0. The number of imidazole rings is 1. The minimum atomic E-state index is -1.18. The Balaban J connectivity index is 1.69. The number of nitrogens with zero attached hydrogens (tertiary/aromatic N) is 3. The van der Waals surface area contributed by atoms with E-state index in [2.05, 4.69) is 4.98 Å². The van der Waals surface area contributed by atoms with Crippen LogP contribution in [-0.2, 0) is 13.1 Å². The molecule has 0 aliphatic rings. The number of aromatic nitrogens is 3. The lowest BCUT2D eigenvalue weighted by Crippen LogP contribution is -2.25. The monoisotopic (exact) mass is 535 g/mol. The highest BCUT2D eigenvalue weighted by Crippen LogP contribution is 2.26. The SMILES string of the molecule is CC(C)c1nc2c(C(=O)O)cn(Cc3cccc(C(=N)N)c3)c(=O)c2n1Cc1ccc2ccc(C(=N)N)cc2c1. The maximum absolute atomic E-state index is 13.9. The zero-order chi connectivity index (χ0) is 28.7. The topological polar surface area (TPSA) is 177 Å². The summed E-state index contributed by atoms with van der Waals surface area (Å²) in [6.07, 6.45) is 1.33. The molecule has 0 saturated carbocycles. The zero-order valence-corrected chi connectivity index (χ0v) is 22.1. The van der Waals surface area contributed by atoms with Crippen molar-refractivity contribution < 1.29 is 9.90 Å². The van der Waals surface area contributed by atoms with Crippen LogP contribution in [0.25, 0.3) is 21.8 Å². The largest absolute Gasteiger partial charge is 0.478 e. The third kappa shape index (κ3) is 4.82. The summed E-state index contributed by atoms with van der Waals surface area (Å²) in [6, 6.07) is 18.4. The molecule has 3 aromatic carbocycles. The first-order chi connectivity index (χ1) is 19.0. The van der Waals surface area contributed by atoms with Crippen LogP contribution in [0.5, 0.6) is 0 Å². The number of pyridine rings is 1. The van der Waals surface area contributed by atoms with Crippen LogP contribution in [0.15, 0.2) is 71.7 Å². The lowest BCUT2D eigenvalue weighted by Gasteiger charge is -2.14. The lowest BCUT2D eigenvalue weighted by molar-refractivity contribution is 0.0698. The number of hydrogen-bond donors (Lipinski definition) is 5. The van der Waals surface area contributed by atoms with Crippen LogP contribution in [0, 0.1) is 10.8 Å². The number of hydrogen-bond acceptors (Lipinski definition) is 5. The number of nitrogens with two attached hydrogens (primary N) is 2. The van der Waals surface area contributed by atoms with E-state index in [1.807, 2.05) is 44.2 Å². The van der Waals surface area contributed by atoms with Crippen molar-refractivity contribution in [2.45, 2.75) is 32.9 Å². The van der Waals surface area contributed by atoms with Crippen molar-refractivity contribution in [2.75, 3.05) is 0 Å². The summed E-state index contributed by atoms with van der Waals surface area (Å²) in [5.74, 6) is -0.784. The Morgan fingerprint density at radius 3 is 2.27 bits per heavy atom. The second kappa shape index (κ2) is 10.1. The first kappa shape index (κ1) is 26.4. The van der Waals surface area contributed by atoms with Crippen molar-refractivity contribution in [3.8, 4) is 0 Å². The molecule has 0 aliphatic heterocycles. The summed E-state index contributed by atoms with van der Waals surface area (Å²) < 4.78 is 3.17. The van der Waals surface area contributed by atoms with Gasteiger partial charge in [-0.25, -0.2) is 9.78 Å². The Hall–Kier alpha value is -5.25. The Kier molecular flexibility index (Phi) is 6.68. The molecule has 0 atom stereocenters. The smallest absolute Gasteiger partial charge is 0.339 e. The molecule has 0 aliphatic carbocycles. The third-order valence-electron chi connectivity index (χ3n) is 6.89. The van der Waals surface area contributed by atoms with Crippen LogP contribution in [0.2, 0.25) is 0 Å². The highest BCUT2D eigenvalue weighted by atomic mass is 16.4. The van der Waals surface area contributed by atoms with Crippen molar-refractivity contribution >= 4 is 39.4 Å². The molecule has 0 fully saturated rings. The van der Waals surface area contributed by atoms with Gasteiger partial charge in [0.2, 0.25) is 0 Å². The third-order valence-corrected chi connectivity index (χ3v) is 6.89. The highest BCUT2D eigenvalue weighted by molar-refractivity contribution is 6.01. The number of carboxylic acid groups (broad SMARTS) is 1. The molecular weight excluding hydrogens is 506 g/mol. The molecule has 0 radical (unpaired) electrons. The van der Waals surface area contributed by atoms with Gasteiger partial charge in [0.15, 0.2) is 0 Å². The zero-order valence-electron chi connectivity index (χ0n) is 22.1. The van der Waals surface area contributed by atoms with Gasteiger partial charge in [-0.05, 0) is 40.1 Å². The van der Waals surface area contributed by atoms with Gasteiger partial charge in [0, 0.05) is 29.8 Å². The molecule has 0 saturated heterocycles. The van der Waals surface area contributed by atoms with Gasteiger partial charge in [0.25, 0.3) is 5.56 Å². The summed E-state index contributed by atoms with van der Waals surface area (Å²) in [7, 11) is 0. The Bertz CT molecular complexity index is 1900. The molecule has 0 amide bonds. The fourth-order valence-electron chi connectivity index (χ4n) is 4.94. The number of benzene rings is 3. The number of nitrogens with one attached hydrogen (secondary N) is 2. The van der Waals surface area contributed by atoms with Gasteiger partial charge in [0.1, 0.15) is 34.1 Å². The molecule has 5 rings (SSSR count). The predicted octanol–water partition coefficient (Wildman–Crippen LogP) is 3.84. The summed E-state index contributed by atoms with van der Waals surface area (Å²) in [4.78, 5) is 30.9. The number of fused-ring (bicyclic) bond motifs is 2. The van der Waals surface area contributed by atoms with Gasteiger partial charge < -0.3 is 25.7 Å². The van der Waals surface area contributed by atoms with E-state index >= 15 is 0 Å². The van der Waals surface area contributed by atoms with Gasteiger partial charge in [-0.3, -0.25) is 15.6 Å². The normalized spacial score (nSPS) is 11.4. The summed E-state index contributed by atoms with van der Waals surface area (Å²) in [5, 5.41) is 27.4. The predicted molar refractivity (Wildman–Crippen MR) is 156 cm³/mol. The molecule has 0 unspecified atom stereocenters. The Labute approximate surface area is 229 Å². The van der Waals surface area contributed by atoms with Crippen molar-refractivity contribution in [3.05, 3.63) is 111 Å². The average molecular weight is 536 g/mol. The first-order valence-electron chi connectivity index (χ1n) is 12.7. The van der Waals surface area contributed by atoms with Gasteiger partial charge in [0.05, 0.1) is 6.54 Å². The summed E-state index contributed by atoms with van der Waals surface area (Å²) in [6.45, 7) is 4.29. The van der Waals surface area contributed by atoms with Crippen LogP contribution in [-0.4, -0.2) is 36.9 Å². The van der Waals surface area contributed by atoms with Crippen molar-refractivity contribution in [1.82, 2.24) is 14.1 Å². The summed E-state index contributed by atoms with van der Waals surface area (Å²) >= 11 is 0. The molecular formula is C30H29N7O3. The molecule has 10 heteroatoms. The van der Waals surface area contributed by atoms with E-state index in [1.165, 1.54) is 10.8 Å². The minimum Gasteiger partial charge on any atom is -0.478 e. The minimum absolute atomic E-state index is 0.0226.